The number of anilines is 6. The first-order valence-corrected chi connectivity index (χ1v) is 35.7. The van der Waals surface area contributed by atoms with Gasteiger partial charge in [-0.15, -0.1) is 0 Å². The monoisotopic (exact) mass is 1310 g/mol. The molecule has 0 radical (unpaired) electrons. The van der Waals surface area contributed by atoms with Crippen LogP contribution in [0.5, 0.6) is 0 Å². The Morgan fingerprint density at radius 2 is 0.772 bits per heavy atom. The standard InChI is InChI=1S/C94H85BN6/c1-90(2,3)63-39-44-83-74(50-63)73-45-58(56-96)37-43-82(73)98(83)68-40-42-77-85(55-68)100(81-36-26-35-80(75(81)57-97)99-78-33-24-22-31-69(78)70-32-23-25-34-79(70)99)86-53-67(94(13,14)15)54-87-88(86)95(77)76-41-38-61(62-46-64(91(4,5)6)49-65(47-62)92(7,8)9)48-84(76)101(87)89-71(59-27-18-16-19-28-59)51-66(93(10,11)12)52-72(89)60-29-20-17-21-30-60/h16-55H,1-15H3. The van der Waals surface area contributed by atoms with Gasteiger partial charge < -0.3 is 18.9 Å². The highest BCUT2D eigenvalue weighted by Crippen LogP contribution is 2.54. The lowest BCUT2D eigenvalue weighted by atomic mass is 9.33. The minimum Gasteiger partial charge on any atom is -0.310 e. The van der Waals surface area contributed by atoms with Crippen LogP contribution in [0.15, 0.2) is 243 Å². The number of hydrogen-bond acceptors (Lipinski definition) is 4. The fourth-order valence-corrected chi connectivity index (χ4v) is 15.9. The molecule has 0 fully saturated rings. The van der Waals surface area contributed by atoms with E-state index in [4.69, 9.17) is 0 Å². The summed E-state index contributed by atoms with van der Waals surface area (Å²) in [4.78, 5) is 5.12. The smallest absolute Gasteiger partial charge is 0.252 e. The number of nitriles is 2. The van der Waals surface area contributed by atoms with Gasteiger partial charge in [-0.3, -0.25) is 0 Å². The van der Waals surface area contributed by atoms with Crippen molar-refractivity contribution in [3.05, 3.63) is 282 Å². The molecular formula is C94H85BN6. The summed E-state index contributed by atoms with van der Waals surface area (Å²) >= 11 is 0. The van der Waals surface area contributed by atoms with Gasteiger partial charge in [0.25, 0.3) is 6.71 Å². The fraction of sp³-hybridized carbons (Fsp3) is 0.213. The molecule has 0 atom stereocenters. The molecule has 14 aromatic rings. The summed E-state index contributed by atoms with van der Waals surface area (Å²) in [5, 5.41) is 27.2. The summed E-state index contributed by atoms with van der Waals surface area (Å²) in [5.74, 6) is 0. The molecule has 101 heavy (non-hydrogen) atoms. The average Bonchev–Trinajstić information content (AvgIpc) is 1.22. The van der Waals surface area contributed by atoms with Crippen molar-refractivity contribution in [1.29, 1.82) is 10.5 Å². The van der Waals surface area contributed by atoms with Gasteiger partial charge in [0.1, 0.15) is 11.6 Å². The Kier molecular flexibility index (Phi) is 14.9. The maximum absolute atomic E-state index is 12.4. The van der Waals surface area contributed by atoms with E-state index in [1.54, 1.807) is 0 Å². The van der Waals surface area contributed by atoms with Crippen LogP contribution in [-0.2, 0) is 27.1 Å². The number of benzene rings is 12. The minimum absolute atomic E-state index is 0.113. The maximum Gasteiger partial charge on any atom is 0.252 e. The Morgan fingerprint density at radius 1 is 0.297 bits per heavy atom. The first kappa shape index (κ1) is 64.6. The van der Waals surface area contributed by atoms with Gasteiger partial charge in [0.15, 0.2) is 0 Å². The minimum atomic E-state index is -0.375. The maximum atomic E-state index is 12.4. The molecule has 0 saturated carbocycles. The lowest BCUT2D eigenvalue weighted by Crippen LogP contribution is -2.61. The molecular weight excluding hydrogens is 1220 g/mol. The Labute approximate surface area is 596 Å². The van der Waals surface area contributed by atoms with Gasteiger partial charge in [-0.05, 0) is 191 Å². The summed E-state index contributed by atoms with van der Waals surface area (Å²) < 4.78 is 4.69. The Hall–Kier alpha value is -11.1. The molecule has 2 aliphatic rings. The number of aromatic nitrogens is 2. The van der Waals surface area contributed by atoms with Crippen molar-refractivity contribution in [1.82, 2.24) is 9.13 Å². The van der Waals surface area contributed by atoms with Crippen LogP contribution in [0.1, 0.15) is 143 Å². The van der Waals surface area contributed by atoms with Crippen molar-refractivity contribution in [2.75, 3.05) is 9.80 Å². The third-order valence-electron chi connectivity index (χ3n) is 21.5. The van der Waals surface area contributed by atoms with Crippen molar-refractivity contribution < 1.29 is 0 Å². The molecule has 7 heteroatoms. The van der Waals surface area contributed by atoms with Crippen LogP contribution >= 0.6 is 0 Å². The highest BCUT2D eigenvalue weighted by molar-refractivity contribution is 7.00. The second kappa shape index (κ2) is 23.2. The van der Waals surface area contributed by atoms with Crippen LogP contribution in [0.3, 0.4) is 0 Å². The Balaban J connectivity index is 1.07. The molecule has 0 N–H and O–H groups in total. The molecule has 0 saturated heterocycles. The summed E-state index contributed by atoms with van der Waals surface area (Å²) in [5.41, 5.74) is 28.7. The van der Waals surface area contributed by atoms with Crippen molar-refractivity contribution in [2.24, 2.45) is 0 Å². The topological polar surface area (TPSA) is 63.9 Å². The van der Waals surface area contributed by atoms with E-state index in [-0.39, 0.29) is 33.8 Å². The van der Waals surface area contributed by atoms with Crippen LogP contribution in [-0.4, -0.2) is 15.8 Å². The molecule has 0 aliphatic carbocycles. The van der Waals surface area contributed by atoms with Gasteiger partial charge in [0, 0.05) is 61.1 Å². The summed E-state index contributed by atoms with van der Waals surface area (Å²) in [6.07, 6.45) is 0. The number of hydrogen-bond donors (Lipinski definition) is 0. The molecule has 0 unspecified atom stereocenters. The predicted molar refractivity (Wildman–Crippen MR) is 428 cm³/mol. The van der Waals surface area contributed by atoms with Crippen LogP contribution in [0.2, 0.25) is 0 Å². The molecule has 0 amide bonds. The highest BCUT2D eigenvalue weighted by Gasteiger charge is 2.46. The van der Waals surface area contributed by atoms with Crippen molar-refractivity contribution in [3.63, 3.8) is 0 Å². The average molecular weight is 1310 g/mol. The number of fused-ring (bicyclic) bond motifs is 10. The lowest BCUT2D eigenvalue weighted by Gasteiger charge is -2.46. The second-order valence-electron chi connectivity index (χ2n) is 33.3. The van der Waals surface area contributed by atoms with Gasteiger partial charge in [-0.2, -0.15) is 10.5 Å². The van der Waals surface area contributed by atoms with Crippen LogP contribution in [0.4, 0.5) is 34.1 Å². The predicted octanol–water partition coefficient (Wildman–Crippen LogP) is 23.2. The third kappa shape index (κ3) is 10.7. The Morgan fingerprint density at radius 3 is 1.33 bits per heavy atom. The lowest BCUT2D eigenvalue weighted by molar-refractivity contribution is 0.569. The molecule has 2 aliphatic heterocycles. The van der Waals surface area contributed by atoms with E-state index < -0.39 is 0 Å². The van der Waals surface area contributed by atoms with Gasteiger partial charge in [0.05, 0.1) is 50.8 Å². The zero-order chi connectivity index (χ0) is 70.6. The van der Waals surface area contributed by atoms with Crippen LogP contribution in [0, 0.1) is 22.7 Å². The van der Waals surface area contributed by atoms with Crippen molar-refractivity contribution in [2.45, 2.75) is 131 Å². The normalized spacial score (nSPS) is 13.2. The molecule has 0 bridgehead atoms. The van der Waals surface area contributed by atoms with Crippen molar-refractivity contribution in [3.8, 4) is 56.9 Å². The van der Waals surface area contributed by atoms with E-state index in [0.29, 0.717) is 11.1 Å². The van der Waals surface area contributed by atoms with E-state index >= 15 is 0 Å². The molecule has 494 valence electrons. The van der Waals surface area contributed by atoms with E-state index in [0.717, 1.165) is 133 Å². The second-order valence-corrected chi connectivity index (χ2v) is 33.3. The molecule has 6 nitrogen and oxygen atoms in total. The largest absolute Gasteiger partial charge is 0.310 e. The summed E-state index contributed by atoms with van der Waals surface area (Å²) in [6, 6.07) is 95.7. The molecule has 12 aromatic carbocycles. The van der Waals surface area contributed by atoms with E-state index in [1.165, 1.54) is 33.3 Å². The van der Waals surface area contributed by atoms with E-state index in [1.807, 2.05) is 6.07 Å². The van der Waals surface area contributed by atoms with Crippen LogP contribution < -0.4 is 26.2 Å². The van der Waals surface area contributed by atoms with Gasteiger partial charge in [-0.25, -0.2) is 0 Å². The van der Waals surface area contributed by atoms with Gasteiger partial charge in [-0.1, -0.05) is 249 Å². The molecule has 4 heterocycles. The quantitative estimate of drug-likeness (QED) is 0.149. The highest BCUT2D eigenvalue weighted by atomic mass is 15.2. The zero-order valence-electron chi connectivity index (χ0n) is 60.9. The van der Waals surface area contributed by atoms with E-state index in [2.05, 4.69) is 372 Å². The number of nitrogens with zero attached hydrogens (tertiary/aromatic N) is 6. The molecule has 0 spiro atoms. The SMILES string of the molecule is CC(C)(C)c1cc(-c2ccc3c(c2)N(c2c(-c4ccccc4)cc(C(C)(C)C)cc2-c2ccccc2)c2cc(C(C)(C)C)cc4c2B3c2ccc(-n3c5ccc(C#N)cc5c5cc(C(C)(C)C)ccc53)cc2N4c2cccc(-n3c4ccccc4c4ccccc43)c2C#N)cc(C(C)(C)C)c1. The van der Waals surface area contributed by atoms with Gasteiger partial charge in [0.2, 0.25) is 0 Å². The Bertz CT molecular complexity index is 5690. The zero-order valence-corrected chi connectivity index (χ0v) is 60.9. The van der Waals surface area contributed by atoms with E-state index in [9.17, 15) is 10.5 Å². The third-order valence-corrected chi connectivity index (χ3v) is 21.5. The molecule has 2 aromatic heterocycles. The van der Waals surface area contributed by atoms with Crippen molar-refractivity contribution >= 4 is 101 Å². The first-order valence-electron chi connectivity index (χ1n) is 35.7. The first-order chi connectivity index (χ1) is 48.2. The fourth-order valence-electron chi connectivity index (χ4n) is 15.9. The number of para-hydroxylation sites is 2. The van der Waals surface area contributed by atoms with Gasteiger partial charge >= 0.3 is 0 Å². The molecule has 16 rings (SSSR count). The summed E-state index contributed by atoms with van der Waals surface area (Å²) in [7, 11) is 0. The number of rotatable bonds is 7. The summed E-state index contributed by atoms with van der Waals surface area (Å²) in [6.45, 7) is 34.5. The van der Waals surface area contributed by atoms with Crippen LogP contribution in [0.25, 0.3) is 88.4 Å².